The standard InChI is InChI=1S/C22H25N3O3S/c1-14-12-18(20(26)28-14)29-21-24-23-19(25(21)13-17-6-5-11-27-17)15-7-9-16(10-8-15)22(2,3)4/h5-11,14,18H,12-13H2,1-4H3/t14-,18-/m0/s1. The first-order valence-corrected chi connectivity index (χ1v) is 10.6. The summed E-state index contributed by atoms with van der Waals surface area (Å²) in [7, 11) is 0. The topological polar surface area (TPSA) is 70.2 Å². The van der Waals surface area contributed by atoms with Gasteiger partial charge in [-0.05, 0) is 30.0 Å². The summed E-state index contributed by atoms with van der Waals surface area (Å²) in [5.74, 6) is 1.37. The van der Waals surface area contributed by atoms with Crippen LogP contribution in [0, 0.1) is 0 Å². The molecule has 0 spiro atoms. The summed E-state index contributed by atoms with van der Waals surface area (Å²) in [6.45, 7) is 8.98. The molecule has 0 N–H and O–H groups in total. The number of rotatable bonds is 5. The molecule has 0 bridgehead atoms. The Balaban J connectivity index is 1.68. The van der Waals surface area contributed by atoms with Gasteiger partial charge in [-0.2, -0.15) is 0 Å². The van der Waals surface area contributed by atoms with Gasteiger partial charge >= 0.3 is 5.97 Å². The highest BCUT2D eigenvalue weighted by atomic mass is 32.2. The molecule has 0 saturated carbocycles. The lowest BCUT2D eigenvalue weighted by atomic mass is 9.87. The van der Waals surface area contributed by atoms with Gasteiger partial charge in [0.05, 0.1) is 12.8 Å². The maximum atomic E-state index is 12.1. The average molecular weight is 412 g/mol. The highest BCUT2D eigenvalue weighted by Crippen LogP contribution is 2.34. The molecule has 1 saturated heterocycles. The minimum absolute atomic E-state index is 0.0640. The van der Waals surface area contributed by atoms with E-state index in [1.165, 1.54) is 17.3 Å². The Bertz CT molecular complexity index is 987. The van der Waals surface area contributed by atoms with Crippen molar-refractivity contribution in [3.8, 4) is 11.4 Å². The van der Waals surface area contributed by atoms with E-state index in [1.54, 1.807) is 6.26 Å². The van der Waals surface area contributed by atoms with Crippen LogP contribution in [0.3, 0.4) is 0 Å². The zero-order chi connectivity index (χ0) is 20.6. The molecule has 1 aliphatic rings. The largest absolute Gasteiger partial charge is 0.467 e. The first-order chi connectivity index (χ1) is 13.8. The number of nitrogens with zero attached hydrogens (tertiary/aromatic N) is 3. The summed E-state index contributed by atoms with van der Waals surface area (Å²) in [6, 6.07) is 12.2. The molecular formula is C22H25N3O3S. The molecule has 29 heavy (non-hydrogen) atoms. The molecular weight excluding hydrogens is 386 g/mol. The molecule has 152 valence electrons. The zero-order valence-corrected chi connectivity index (χ0v) is 17.9. The second-order valence-electron chi connectivity index (χ2n) is 8.39. The Labute approximate surface area is 174 Å². The Hall–Kier alpha value is -2.54. The Morgan fingerprint density at radius 2 is 1.93 bits per heavy atom. The molecule has 0 unspecified atom stereocenters. The SMILES string of the molecule is C[C@H]1C[C@H](Sc2nnc(-c3ccc(C(C)(C)C)cc3)n2Cc2ccco2)C(=O)O1. The molecule has 4 rings (SSSR count). The van der Waals surface area contributed by atoms with Gasteiger partial charge in [-0.15, -0.1) is 10.2 Å². The van der Waals surface area contributed by atoms with Gasteiger partial charge in [0.25, 0.3) is 0 Å². The summed E-state index contributed by atoms with van der Waals surface area (Å²) >= 11 is 1.41. The second-order valence-corrected chi connectivity index (χ2v) is 9.56. The second kappa shape index (κ2) is 7.71. The molecule has 0 radical (unpaired) electrons. The van der Waals surface area contributed by atoms with Gasteiger partial charge < -0.3 is 9.15 Å². The van der Waals surface area contributed by atoms with Gasteiger partial charge in [-0.1, -0.05) is 56.8 Å². The number of benzene rings is 1. The molecule has 2 atom stereocenters. The van der Waals surface area contributed by atoms with Crippen molar-refractivity contribution in [2.24, 2.45) is 0 Å². The maximum absolute atomic E-state index is 12.1. The summed E-state index contributed by atoms with van der Waals surface area (Å²) in [4.78, 5) is 12.1. The predicted molar refractivity (Wildman–Crippen MR) is 112 cm³/mol. The Morgan fingerprint density at radius 1 is 1.17 bits per heavy atom. The van der Waals surface area contributed by atoms with E-state index in [1.807, 2.05) is 23.6 Å². The van der Waals surface area contributed by atoms with E-state index in [0.29, 0.717) is 18.1 Å². The van der Waals surface area contributed by atoms with Crippen LogP contribution in [-0.4, -0.2) is 32.1 Å². The van der Waals surface area contributed by atoms with Crippen LogP contribution in [-0.2, 0) is 21.5 Å². The summed E-state index contributed by atoms with van der Waals surface area (Å²) in [5.41, 5.74) is 2.32. The van der Waals surface area contributed by atoms with Crippen LogP contribution in [0.5, 0.6) is 0 Å². The van der Waals surface area contributed by atoms with Crippen LogP contribution < -0.4 is 0 Å². The lowest BCUT2D eigenvalue weighted by molar-refractivity contribution is -0.140. The molecule has 0 amide bonds. The molecule has 3 aromatic rings. The van der Waals surface area contributed by atoms with E-state index in [0.717, 1.165) is 17.1 Å². The van der Waals surface area contributed by atoms with Crippen LogP contribution in [0.4, 0.5) is 0 Å². The number of esters is 1. The fraction of sp³-hybridized carbons (Fsp3) is 0.409. The first-order valence-electron chi connectivity index (χ1n) is 9.75. The average Bonchev–Trinajstić information content (AvgIpc) is 3.38. The van der Waals surface area contributed by atoms with Crippen molar-refractivity contribution >= 4 is 17.7 Å². The maximum Gasteiger partial charge on any atom is 0.319 e. The highest BCUT2D eigenvalue weighted by molar-refractivity contribution is 8.00. The number of cyclic esters (lactones) is 1. The van der Waals surface area contributed by atoms with Gasteiger partial charge in [-0.25, -0.2) is 0 Å². The van der Waals surface area contributed by atoms with Crippen molar-refractivity contribution in [2.75, 3.05) is 0 Å². The number of hydrogen-bond acceptors (Lipinski definition) is 6. The van der Waals surface area contributed by atoms with E-state index in [-0.39, 0.29) is 22.7 Å². The molecule has 2 aromatic heterocycles. The number of carbonyl (C=O) groups excluding carboxylic acids is 1. The summed E-state index contributed by atoms with van der Waals surface area (Å²) in [5, 5.41) is 9.26. The fourth-order valence-corrected chi connectivity index (χ4v) is 4.49. The van der Waals surface area contributed by atoms with Crippen LogP contribution in [0.2, 0.25) is 0 Å². The van der Waals surface area contributed by atoms with Gasteiger partial charge in [0.2, 0.25) is 0 Å². The van der Waals surface area contributed by atoms with E-state index in [9.17, 15) is 4.79 Å². The third-order valence-electron chi connectivity index (χ3n) is 4.99. The lowest BCUT2D eigenvalue weighted by Crippen LogP contribution is -2.12. The van der Waals surface area contributed by atoms with Crippen molar-refractivity contribution in [2.45, 2.75) is 62.6 Å². The number of furan rings is 1. The van der Waals surface area contributed by atoms with E-state index < -0.39 is 0 Å². The van der Waals surface area contributed by atoms with Crippen LogP contribution in [0.15, 0.2) is 52.2 Å². The van der Waals surface area contributed by atoms with Gasteiger partial charge in [0.1, 0.15) is 17.1 Å². The van der Waals surface area contributed by atoms with E-state index in [2.05, 4.69) is 55.2 Å². The Morgan fingerprint density at radius 3 is 2.52 bits per heavy atom. The number of hydrogen-bond donors (Lipinski definition) is 0. The molecule has 1 aliphatic heterocycles. The zero-order valence-electron chi connectivity index (χ0n) is 17.1. The van der Waals surface area contributed by atoms with E-state index in [4.69, 9.17) is 9.15 Å². The molecule has 1 aromatic carbocycles. The molecule has 0 aliphatic carbocycles. The molecule has 1 fully saturated rings. The van der Waals surface area contributed by atoms with Crippen LogP contribution in [0.1, 0.15) is 45.4 Å². The minimum atomic E-state index is -0.263. The van der Waals surface area contributed by atoms with Crippen molar-refractivity contribution in [1.82, 2.24) is 14.8 Å². The number of aromatic nitrogens is 3. The third kappa shape index (κ3) is 4.24. The van der Waals surface area contributed by atoms with Crippen LogP contribution >= 0.6 is 11.8 Å². The number of ether oxygens (including phenoxy) is 1. The van der Waals surface area contributed by atoms with Crippen molar-refractivity contribution < 1.29 is 13.9 Å². The lowest BCUT2D eigenvalue weighted by Gasteiger charge is -2.19. The predicted octanol–water partition coefficient (Wildman–Crippen LogP) is 4.68. The van der Waals surface area contributed by atoms with Gasteiger partial charge in [0.15, 0.2) is 11.0 Å². The van der Waals surface area contributed by atoms with E-state index >= 15 is 0 Å². The highest BCUT2D eigenvalue weighted by Gasteiger charge is 2.34. The van der Waals surface area contributed by atoms with Crippen molar-refractivity contribution in [3.63, 3.8) is 0 Å². The number of carbonyl (C=O) groups is 1. The molecule has 3 heterocycles. The van der Waals surface area contributed by atoms with Crippen molar-refractivity contribution in [1.29, 1.82) is 0 Å². The Kier molecular flexibility index (Phi) is 5.25. The summed E-state index contributed by atoms with van der Waals surface area (Å²) < 4.78 is 12.8. The fourth-order valence-electron chi connectivity index (χ4n) is 3.35. The van der Waals surface area contributed by atoms with Gasteiger partial charge in [-0.3, -0.25) is 9.36 Å². The van der Waals surface area contributed by atoms with Crippen molar-refractivity contribution in [3.05, 3.63) is 54.0 Å². The minimum Gasteiger partial charge on any atom is -0.467 e. The quantitative estimate of drug-likeness (QED) is 0.568. The molecule has 6 nitrogen and oxygen atoms in total. The normalized spacial score (nSPS) is 19.5. The number of thioether (sulfide) groups is 1. The summed E-state index contributed by atoms with van der Waals surface area (Å²) in [6.07, 6.45) is 2.26. The monoisotopic (exact) mass is 411 g/mol. The van der Waals surface area contributed by atoms with Gasteiger partial charge in [0, 0.05) is 12.0 Å². The smallest absolute Gasteiger partial charge is 0.319 e. The first kappa shape index (κ1) is 19.8. The van der Waals surface area contributed by atoms with Crippen LogP contribution in [0.25, 0.3) is 11.4 Å². The molecule has 7 heteroatoms. The third-order valence-corrected chi connectivity index (χ3v) is 6.18.